The number of hydrogen-bond donors (Lipinski definition) is 1. The highest BCUT2D eigenvalue weighted by Gasteiger charge is 2.04. The summed E-state index contributed by atoms with van der Waals surface area (Å²) in [5, 5.41) is 9.70. The number of carbonyl (C=O) groups excluding carboxylic acids is 1. The van der Waals surface area contributed by atoms with Crippen molar-refractivity contribution in [1.29, 1.82) is 0 Å². The SMILES string of the molecule is COc1ccc(C=CC(=O)c2ccc(C)c(C)c2)cc1O. The molecule has 21 heavy (non-hydrogen) atoms. The van der Waals surface area contributed by atoms with Crippen LogP contribution in [0.3, 0.4) is 0 Å². The second-order valence-corrected chi connectivity index (χ2v) is 4.93. The number of carbonyl (C=O) groups is 1. The molecule has 108 valence electrons. The highest BCUT2D eigenvalue weighted by molar-refractivity contribution is 6.07. The van der Waals surface area contributed by atoms with Gasteiger partial charge in [-0.05, 0) is 54.8 Å². The Hall–Kier alpha value is -2.55. The van der Waals surface area contributed by atoms with Crippen LogP contribution in [0, 0.1) is 13.8 Å². The standard InChI is InChI=1S/C18H18O3/c1-12-4-7-15(10-13(12)2)16(19)8-5-14-6-9-18(21-3)17(20)11-14/h4-11,20H,1-3H3. The van der Waals surface area contributed by atoms with Crippen LogP contribution in [-0.4, -0.2) is 18.0 Å². The summed E-state index contributed by atoms with van der Waals surface area (Å²) in [6.45, 7) is 4.00. The summed E-state index contributed by atoms with van der Waals surface area (Å²) in [5.41, 5.74) is 3.66. The first-order valence-corrected chi connectivity index (χ1v) is 6.68. The Bertz CT molecular complexity index is 700. The topological polar surface area (TPSA) is 46.5 Å². The smallest absolute Gasteiger partial charge is 0.185 e. The second-order valence-electron chi connectivity index (χ2n) is 4.93. The summed E-state index contributed by atoms with van der Waals surface area (Å²) in [5.74, 6) is 0.402. The molecular weight excluding hydrogens is 264 g/mol. The average molecular weight is 282 g/mol. The van der Waals surface area contributed by atoms with Gasteiger partial charge in [-0.3, -0.25) is 4.79 Å². The van der Waals surface area contributed by atoms with Gasteiger partial charge in [0.1, 0.15) is 0 Å². The first-order valence-electron chi connectivity index (χ1n) is 6.68. The van der Waals surface area contributed by atoms with Gasteiger partial charge in [0.25, 0.3) is 0 Å². The third-order valence-corrected chi connectivity index (χ3v) is 3.42. The van der Waals surface area contributed by atoms with Gasteiger partial charge in [0, 0.05) is 5.56 Å². The normalized spacial score (nSPS) is 10.8. The molecule has 3 nitrogen and oxygen atoms in total. The zero-order valence-electron chi connectivity index (χ0n) is 12.4. The molecule has 3 heteroatoms. The van der Waals surface area contributed by atoms with Crippen LogP contribution in [0.2, 0.25) is 0 Å². The van der Waals surface area contributed by atoms with Gasteiger partial charge >= 0.3 is 0 Å². The van der Waals surface area contributed by atoms with Gasteiger partial charge in [0.2, 0.25) is 0 Å². The number of ether oxygens (including phenoxy) is 1. The van der Waals surface area contributed by atoms with Crippen molar-refractivity contribution in [2.75, 3.05) is 7.11 Å². The molecule has 0 aliphatic carbocycles. The Morgan fingerprint density at radius 1 is 1.10 bits per heavy atom. The number of phenolic OH excluding ortho intramolecular Hbond substituents is 1. The van der Waals surface area contributed by atoms with Crippen LogP contribution in [0.15, 0.2) is 42.5 Å². The summed E-state index contributed by atoms with van der Waals surface area (Å²) >= 11 is 0. The van der Waals surface area contributed by atoms with Gasteiger partial charge in [-0.2, -0.15) is 0 Å². The van der Waals surface area contributed by atoms with Crippen LogP contribution in [0.1, 0.15) is 27.0 Å². The molecule has 2 rings (SSSR count). The zero-order valence-corrected chi connectivity index (χ0v) is 12.4. The summed E-state index contributed by atoms with van der Waals surface area (Å²) in [7, 11) is 1.49. The Morgan fingerprint density at radius 3 is 2.48 bits per heavy atom. The van der Waals surface area contributed by atoms with E-state index in [1.165, 1.54) is 13.2 Å². The first kappa shape index (κ1) is 14.9. The van der Waals surface area contributed by atoms with Crippen LogP contribution in [0.25, 0.3) is 6.08 Å². The average Bonchev–Trinajstić information content (AvgIpc) is 2.47. The molecule has 2 aromatic rings. The highest BCUT2D eigenvalue weighted by atomic mass is 16.5. The van der Waals surface area contributed by atoms with E-state index in [0.29, 0.717) is 11.3 Å². The fourth-order valence-electron chi connectivity index (χ4n) is 1.97. The number of hydrogen-bond acceptors (Lipinski definition) is 3. The molecule has 0 aromatic heterocycles. The third-order valence-electron chi connectivity index (χ3n) is 3.42. The van der Waals surface area contributed by atoms with Crippen LogP contribution in [0.4, 0.5) is 0 Å². The molecule has 0 saturated carbocycles. The second kappa shape index (κ2) is 6.27. The maximum Gasteiger partial charge on any atom is 0.185 e. The number of phenols is 1. The number of aromatic hydroxyl groups is 1. The summed E-state index contributed by atoms with van der Waals surface area (Å²) in [6, 6.07) is 10.6. The molecule has 0 spiro atoms. The molecule has 0 amide bonds. The van der Waals surface area contributed by atoms with E-state index in [9.17, 15) is 9.90 Å². The largest absolute Gasteiger partial charge is 0.504 e. The number of benzene rings is 2. The van der Waals surface area contributed by atoms with E-state index in [4.69, 9.17) is 4.74 Å². The van der Waals surface area contributed by atoms with E-state index in [1.54, 1.807) is 24.3 Å². The van der Waals surface area contributed by atoms with Crippen molar-refractivity contribution < 1.29 is 14.6 Å². The molecule has 0 radical (unpaired) electrons. The van der Waals surface area contributed by atoms with Crippen molar-refractivity contribution in [2.45, 2.75) is 13.8 Å². The van der Waals surface area contributed by atoms with Gasteiger partial charge < -0.3 is 9.84 Å². The predicted octanol–water partition coefficient (Wildman–Crippen LogP) is 3.91. The fourth-order valence-corrected chi connectivity index (χ4v) is 1.97. The molecule has 0 heterocycles. The van der Waals surface area contributed by atoms with E-state index >= 15 is 0 Å². The maximum absolute atomic E-state index is 12.1. The maximum atomic E-state index is 12.1. The van der Waals surface area contributed by atoms with Gasteiger partial charge in [0.05, 0.1) is 7.11 Å². The molecule has 2 aromatic carbocycles. The molecular formula is C18H18O3. The molecule has 0 unspecified atom stereocenters. The monoisotopic (exact) mass is 282 g/mol. The van der Waals surface area contributed by atoms with Crippen molar-refractivity contribution in [2.24, 2.45) is 0 Å². The van der Waals surface area contributed by atoms with Gasteiger partial charge in [-0.1, -0.05) is 24.3 Å². The molecule has 1 N–H and O–H groups in total. The molecule has 0 bridgehead atoms. The van der Waals surface area contributed by atoms with E-state index in [1.807, 2.05) is 32.0 Å². The van der Waals surface area contributed by atoms with Crippen LogP contribution >= 0.6 is 0 Å². The quantitative estimate of drug-likeness (QED) is 0.683. The van der Waals surface area contributed by atoms with Gasteiger partial charge in [0.15, 0.2) is 17.3 Å². The zero-order chi connectivity index (χ0) is 15.4. The lowest BCUT2D eigenvalue weighted by Gasteiger charge is -2.04. The van der Waals surface area contributed by atoms with E-state index in [0.717, 1.165) is 16.7 Å². The Balaban J connectivity index is 2.18. The summed E-state index contributed by atoms with van der Waals surface area (Å²) < 4.78 is 4.98. The number of methoxy groups -OCH3 is 1. The fraction of sp³-hybridized carbons (Fsp3) is 0.167. The van der Waals surface area contributed by atoms with E-state index < -0.39 is 0 Å². The molecule has 0 aliphatic rings. The van der Waals surface area contributed by atoms with Crippen LogP contribution in [-0.2, 0) is 0 Å². The first-order chi connectivity index (χ1) is 10.0. The van der Waals surface area contributed by atoms with Crippen LogP contribution in [0.5, 0.6) is 11.5 Å². The minimum Gasteiger partial charge on any atom is -0.504 e. The number of allylic oxidation sites excluding steroid dienone is 1. The lowest BCUT2D eigenvalue weighted by molar-refractivity contribution is 0.104. The predicted molar refractivity (Wildman–Crippen MR) is 83.9 cm³/mol. The minimum absolute atomic E-state index is 0.0540. The van der Waals surface area contributed by atoms with Crippen molar-refractivity contribution in [3.05, 3.63) is 64.7 Å². The van der Waals surface area contributed by atoms with Gasteiger partial charge in [-0.25, -0.2) is 0 Å². The number of ketones is 1. The van der Waals surface area contributed by atoms with E-state index in [-0.39, 0.29) is 11.5 Å². The lowest BCUT2D eigenvalue weighted by atomic mass is 10.0. The molecule has 0 aliphatic heterocycles. The minimum atomic E-state index is -0.0617. The molecule has 0 atom stereocenters. The lowest BCUT2D eigenvalue weighted by Crippen LogP contribution is -1.95. The Labute approximate surface area is 124 Å². The summed E-state index contributed by atoms with van der Waals surface area (Å²) in [6.07, 6.45) is 3.18. The van der Waals surface area contributed by atoms with E-state index in [2.05, 4.69) is 0 Å². The number of rotatable bonds is 4. The Morgan fingerprint density at radius 2 is 1.86 bits per heavy atom. The summed E-state index contributed by atoms with van der Waals surface area (Å²) in [4.78, 5) is 12.1. The van der Waals surface area contributed by atoms with Crippen LogP contribution < -0.4 is 4.74 Å². The van der Waals surface area contributed by atoms with Gasteiger partial charge in [-0.15, -0.1) is 0 Å². The van der Waals surface area contributed by atoms with Crippen molar-refractivity contribution in [3.8, 4) is 11.5 Å². The van der Waals surface area contributed by atoms with Crippen molar-refractivity contribution in [3.63, 3.8) is 0 Å². The Kier molecular flexibility index (Phi) is 4.43. The number of aryl methyl sites for hydroxylation is 2. The van der Waals surface area contributed by atoms with Crippen molar-refractivity contribution in [1.82, 2.24) is 0 Å². The molecule has 0 fully saturated rings. The third kappa shape index (κ3) is 3.51. The van der Waals surface area contributed by atoms with Crippen molar-refractivity contribution >= 4 is 11.9 Å². The molecule has 0 saturated heterocycles. The highest BCUT2D eigenvalue weighted by Crippen LogP contribution is 2.26.